The van der Waals surface area contributed by atoms with Crippen LogP contribution in [0.5, 0.6) is 0 Å². The number of nitrogens with one attached hydrogen (secondary N) is 1. The average molecular weight is 463 g/mol. The Morgan fingerprint density at radius 1 is 1.12 bits per heavy atom. The fraction of sp³-hybridized carbons (Fsp3) is 0.385. The second kappa shape index (κ2) is 9.46. The van der Waals surface area contributed by atoms with Gasteiger partial charge in [-0.2, -0.15) is 0 Å². The van der Waals surface area contributed by atoms with Crippen molar-refractivity contribution in [1.29, 1.82) is 0 Å². The van der Waals surface area contributed by atoms with Gasteiger partial charge in [-0.1, -0.05) is 37.3 Å². The van der Waals surface area contributed by atoms with Crippen LogP contribution in [0.2, 0.25) is 0 Å². The highest BCUT2D eigenvalue weighted by atomic mass is 19.1. The number of H-pyrrole nitrogens is 1. The van der Waals surface area contributed by atoms with Crippen LogP contribution in [-0.2, 0) is 18.6 Å². The molecule has 4 rings (SSSR count). The van der Waals surface area contributed by atoms with Crippen molar-refractivity contribution in [3.8, 4) is 0 Å². The van der Waals surface area contributed by atoms with Crippen molar-refractivity contribution in [2.45, 2.75) is 65.7 Å². The molecule has 178 valence electrons. The Hall–Kier alpha value is -3.39. The number of para-hydroxylation sites is 1. The second-order valence-corrected chi connectivity index (χ2v) is 9.74. The Morgan fingerprint density at radius 3 is 2.53 bits per heavy atom. The van der Waals surface area contributed by atoms with Crippen molar-refractivity contribution >= 4 is 10.9 Å². The third kappa shape index (κ3) is 4.92. The molecule has 0 fully saturated rings. The van der Waals surface area contributed by atoms with Crippen LogP contribution < -0.4 is 5.56 Å². The van der Waals surface area contributed by atoms with Gasteiger partial charge in [-0.15, -0.1) is 5.10 Å². The van der Waals surface area contributed by atoms with E-state index in [1.807, 2.05) is 35.9 Å². The quantitative estimate of drug-likeness (QED) is 0.424. The fourth-order valence-corrected chi connectivity index (χ4v) is 4.35. The Kier molecular flexibility index (Phi) is 6.61. The van der Waals surface area contributed by atoms with E-state index < -0.39 is 0 Å². The number of hydrogen-bond acceptors (Lipinski definition) is 5. The van der Waals surface area contributed by atoms with Crippen molar-refractivity contribution in [2.24, 2.45) is 0 Å². The number of pyridine rings is 1. The highest BCUT2D eigenvalue weighted by Crippen LogP contribution is 2.29. The summed E-state index contributed by atoms with van der Waals surface area (Å²) in [5, 5.41) is 13.6. The van der Waals surface area contributed by atoms with Crippen molar-refractivity contribution in [2.75, 3.05) is 0 Å². The van der Waals surface area contributed by atoms with E-state index in [-0.39, 0.29) is 23.0 Å². The number of nitrogens with zero attached hydrogens (tertiary/aromatic N) is 5. The summed E-state index contributed by atoms with van der Waals surface area (Å²) in [5.74, 6) is 0.463. The number of aromatic amines is 1. The summed E-state index contributed by atoms with van der Waals surface area (Å²) in [4.78, 5) is 18.3. The van der Waals surface area contributed by atoms with Crippen LogP contribution in [-0.4, -0.2) is 30.1 Å². The molecule has 0 saturated carbocycles. The van der Waals surface area contributed by atoms with Crippen LogP contribution in [0.4, 0.5) is 4.39 Å². The molecule has 0 spiro atoms. The Morgan fingerprint density at radius 2 is 1.85 bits per heavy atom. The molecule has 0 radical (unpaired) electrons. The standard InChI is InChI=1S/C26H31FN6O/c1-6-22(24-29-30-31-33(24)26(3,4)5)32(15-18-10-12-21(27)13-11-18)16-20-14-19-9-7-8-17(2)23(19)28-25(20)34/h7-14,22H,6,15-16H2,1-5H3,(H,28,34)/t22-/m1/s1. The molecule has 0 saturated heterocycles. The van der Waals surface area contributed by atoms with E-state index in [4.69, 9.17) is 0 Å². The third-order valence-electron chi connectivity index (χ3n) is 6.09. The number of halogens is 1. The monoisotopic (exact) mass is 462 g/mol. The molecular formula is C26H31FN6O. The lowest BCUT2D eigenvalue weighted by molar-refractivity contribution is 0.153. The molecule has 2 aromatic carbocycles. The first kappa shape index (κ1) is 23.8. The number of aryl methyl sites for hydroxylation is 1. The van der Waals surface area contributed by atoms with Crippen LogP contribution in [0.3, 0.4) is 0 Å². The van der Waals surface area contributed by atoms with Crippen molar-refractivity contribution in [3.05, 3.63) is 87.2 Å². The Labute approximate surface area is 198 Å². The predicted molar refractivity (Wildman–Crippen MR) is 131 cm³/mol. The van der Waals surface area contributed by atoms with Crippen LogP contribution in [0.25, 0.3) is 10.9 Å². The largest absolute Gasteiger partial charge is 0.321 e. The smallest absolute Gasteiger partial charge is 0.252 e. The SMILES string of the molecule is CC[C@H](c1nnnn1C(C)(C)C)N(Cc1ccc(F)cc1)Cc1cc2cccc(C)c2[nH]c1=O. The summed E-state index contributed by atoms with van der Waals surface area (Å²) in [6.45, 7) is 11.1. The topological polar surface area (TPSA) is 79.7 Å². The molecule has 2 heterocycles. The molecule has 1 N–H and O–H groups in total. The van der Waals surface area contributed by atoms with Crippen LogP contribution in [0, 0.1) is 12.7 Å². The van der Waals surface area contributed by atoms with E-state index in [9.17, 15) is 9.18 Å². The maximum Gasteiger partial charge on any atom is 0.252 e. The minimum Gasteiger partial charge on any atom is -0.321 e. The summed E-state index contributed by atoms with van der Waals surface area (Å²) in [5.41, 5.74) is 3.07. The number of fused-ring (bicyclic) bond motifs is 1. The molecule has 0 bridgehead atoms. The zero-order valence-electron chi connectivity index (χ0n) is 20.3. The first-order chi connectivity index (χ1) is 16.2. The van der Waals surface area contributed by atoms with E-state index in [1.165, 1.54) is 12.1 Å². The number of rotatable bonds is 7. The van der Waals surface area contributed by atoms with E-state index in [0.717, 1.165) is 34.3 Å². The van der Waals surface area contributed by atoms with Gasteiger partial charge >= 0.3 is 0 Å². The molecule has 0 amide bonds. The van der Waals surface area contributed by atoms with Gasteiger partial charge in [-0.3, -0.25) is 9.69 Å². The van der Waals surface area contributed by atoms with E-state index in [1.54, 1.807) is 12.1 Å². The minimum absolute atomic E-state index is 0.115. The molecule has 7 nitrogen and oxygen atoms in total. The van der Waals surface area contributed by atoms with Gasteiger partial charge in [0.1, 0.15) is 5.82 Å². The molecule has 0 aliphatic heterocycles. The molecular weight excluding hydrogens is 431 g/mol. The van der Waals surface area contributed by atoms with Crippen molar-refractivity contribution in [3.63, 3.8) is 0 Å². The molecule has 0 aliphatic carbocycles. The minimum atomic E-state index is -0.300. The number of hydrogen-bond donors (Lipinski definition) is 1. The lowest BCUT2D eigenvalue weighted by atomic mass is 10.0. The second-order valence-electron chi connectivity index (χ2n) is 9.74. The van der Waals surface area contributed by atoms with Crippen LogP contribution >= 0.6 is 0 Å². The van der Waals surface area contributed by atoms with Crippen molar-refractivity contribution in [1.82, 2.24) is 30.1 Å². The normalized spacial score (nSPS) is 13.0. The molecule has 0 unspecified atom stereocenters. The van der Waals surface area contributed by atoms with Crippen LogP contribution in [0.1, 0.15) is 62.7 Å². The average Bonchev–Trinajstić information content (AvgIpc) is 3.27. The van der Waals surface area contributed by atoms with E-state index >= 15 is 0 Å². The maximum atomic E-state index is 13.5. The van der Waals surface area contributed by atoms with Gasteiger partial charge in [-0.25, -0.2) is 9.07 Å². The first-order valence-electron chi connectivity index (χ1n) is 11.6. The molecule has 4 aromatic rings. The fourth-order valence-electron chi connectivity index (χ4n) is 4.35. The Balaban J connectivity index is 1.77. The summed E-state index contributed by atoms with van der Waals surface area (Å²) < 4.78 is 15.4. The van der Waals surface area contributed by atoms with Gasteiger partial charge < -0.3 is 4.98 Å². The summed E-state index contributed by atoms with van der Waals surface area (Å²) in [6.07, 6.45) is 0.738. The molecule has 8 heteroatoms. The lowest BCUT2D eigenvalue weighted by Crippen LogP contribution is -2.35. The molecule has 1 atom stereocenters. The van der Waals surface area contributed by atoms with Gasteiger partial charge in [0.15, 0.2) is 5.82 Å². The van der Waals surface area contributed by atoms with Crippen molar-refractivity contribution < 1.29 is 4.39 Å². The lowest BCUT2D eigenvalue weighted by Gasteiger charge is -2.32. The highest BCUT2D eigenvalue weighted by Gasteiger charge is 2.29. The first-order valence-corrected chi connectivity index (χ1v) is 11.6. The predicted octanol–water partition coefficient (Wildman–Crippen LogP) is 4.87. The molecule has 34 heavy (non-hydrogen) atoms. The van der Waals surface area contributed by atoms with E-state index in [2.05, 4.69) is 53.1 Å². The number of benzene rings is 2. The third-order valence-corrected chi connectivity index (χ3v) is 6.09. The van der Waals surface area contributed by atoms with Crippen LogP contribution in [0.15, 0.2) is 53.3 Å². The van der Waals surface area contributed by atoms with Gasteiger partial charge in [0.25, 0.3) is 5.56 Å². The number of aromatic nitrogens is 5. The van der Waals surface area contributed by atoms with Gasteiger partial charge in [0.05, 0.1) is 17.1 Å². The maximum absolute atomic E-state index is 13.5. The Bertz CT molecular complexity index is 1340. The van der Waals surface area contributed by atoms with E-state index in [0.29, 0.717) is 18.7 Å². The summed E-state index contributed by atoms with van der Waals surface area (Å²) in [7, 11) is 0. The highest BCUT2D eigenvalue weighted by molar-refractivity contribution is 5.81. The zero-order chi connectivity index (χ0) is 24.5. The molecule has 2 aromatic heterocycles. The number of tetrazole rings is 1. The van der Waals surface area contributed by atoms with Gasteiger partial charge in [0.2, 0.25) is 0 Å². The molecule has 0 aliphatic rings. The van der Waals surface area contributed by atoms with Gasteiger partial charge in [0, 0.05) is 18.7 Å². The summed E-state index contributed by atoms with van der Waals surface area (Å²) in [6, 6.07) is 14.2. The summed E-state index contributed by atoms with van der Waals surface area (Å²) >= 11 is 0. The van der Waals surface area contributed by atoms with Gasteiger partial charge in [-0.05, 0) is 79.3 Å². The zero-order valence-corrected chi connectivity index (χ0v) is 20.3.